The summed E-state index contributed by atoms with van der Waals surface area (Å²) < 4.78 is 74.5. The maximum absolute atomic E-state index is 15.3. The number of carbonyl (C=O) groups excluding carboxylic acids is 4. The van der Waals surface area contributed by atoms with Crippen molar-refractivity contribution in [2.45, 2.75) is 28.5 Å². The second-order valence-corrected chi connectivity index (χ2v) is 15.4. The van der Waals surface area contributed by atoms with Crippen molar-refractivity contribution in [3.8, 4) is 5.75 Å². The van der Waals surface area contributed by atoms with E-state index in [1.807, 2.05) is 0 Å². The van der Waals surface area contributed by atoms with Gasteiger partial charge in [0.25, 0.3) is 11.8 Å². The first-order valence-corrected chi connectivity index (χ1v) is 17.3. The summed E-state index contributed by atoms with van der Waals surface area (Å²) in [5.41, 5.74) is -1.41. The number of benzene rings is 4. The van der Waals surface area contributed by atoms with Crippen molar-refractivity contribution in [2.75, 3.05) is 9.80 Å². The second kappa shape index (κ2) is 11.5. The van der Waals surface area contributed by atoms with Gasteiger partial charge in [0.1, 0.15) is 11.4 Å². The summed E-state index contributed by atoms with van der Waals surface area (Å²) in [5.74, 6) is -21.9. The molecule has 7 nitrogen and oxygen atoms in total. The fourth-order valence-corrected chi connectivity index (χ4v) is 9.55. The molecule has 0 unspecified atom stereocenters. The summed E-state index contributed by atoms with van der Waals surface area (Å²) >= 11 is 16.4. The van der Waals surface area contributed by atoms with E-state index in [1.165, 1.54) is 6.07 Å². The van der Waals surface area contributed by atoms with Gasteiger partial charge in [-0.3, -0.25) is 24.1 Å². The highest BCUT2D eigenvalue weighted by molar-refractivity contribution is 14.1. The van der Waals surface area contributed by atoms with Gasteiger partial charge in [0, 0.05) is 20.4 Å². The van der Waals surface area contributed by atoms with Crippen molar-refractivity contribution in [2.24, 2.45) is 17.8 Å². The van der Waals surface area contributed by atoms with Crippen molar-refractivity contribution < 1.29 is 46.2 Å². The normalized spacial score (nSPS) is 28.7. The zero-order chi connectivity index (χ0) is 36.5. The molecule has 15 heteroatoms. The molecule has 2 aliphatic heterocycles. The van der Waals surface area contributed by atoms with Gasteiger partial charge in [-0.15, -0.1) is 23.2 Å². The van der Waals surface area contributed by atoms with Crippen LogP contribution < -0.4 is 9.80 Å². The monoisotopic (exact) mass is 852 g/mol. The SMILES string of the molecule is O=C1[C@H]2[C@H](CC=C3[C@H]2C[C@@]2(Cl)C(=O)N(c4c(F)c(F)c(F)c(F)c4F)C(=O)[C@@]2(Cl)[C@H]3c2ccc3ccccc3c2O)C(=O)N1c1ccc(I)cc1. The molecular formula is C36H20Cl2F5IN2O5. The smallest absolute Gasteiger partial charge is 0.258 e. The van der Waals surface area contributed by atoms with Gasteiger partial charge in [-0.25, -0.2) is 26.9 Å². The van der Waals surface area contributed by atoms with Crippen LogP contribution in [0.4, 0.5) is 33.3 Å². The Morgan fingerprint density at radius 1 is 0.745 bits per heavy atom. The Morgan fingerprint density at radius 2 is 1.37 bits per heavy atom. The minimum absolute atomic E-state index is 0.0292. The van der Waals surface area contributed by atoms with Gasteiger partial charge in [-0.05, 0) is 71.0 Å². The van der Waals surface area contributed by atoms with Crippen LogP contribution in [0.2, 0.25) is 0 Å². The molecule has 0 spiro atoms. The van der Waals surface area contributed by atoms with Gasteiger partial charge in [0.05, 0.1) is 17.5 Å². The lowest BCUT2D eigenvalue weighted by Crippen LogP contribution is -2.60. The number of aromatic hydroxyl groups is 1. The van der Waals surface area contributed by atoms with Crippen LogP contribution in [0.1, 0.15) is 24.3 Å². The van der Waals surface area contributed by atoms with Crippen molar-refractivity contribution >= 4 is 91.6 Å². The Bertz CT molecular complexity index is 2300. The average Bonchev–Trinajstić information content (AvgIpc) is 3.45. The number of imide groups is 2. The first-order chi connectivity index (χ1) is 24.1. The van der Waals surface area contributed by atoms with E-state index >= 15 is 8.78 Å². The lowest BCUT2D eigenvalue weighted by atomic mass is 9.56. The molecule has 4 amide bonds. The summed E-state index contributed by atoms with van der Waals surface area (Å²) in [7, 11) is 0. The number of alkyl halides is 2. The lowest BCUT2D eigenvalue weighted by Gasteiger charge is -2.50. The number of carbonyl (C=O) groups is 4. The first kappa shape index (κ1) is 34.0. The van der Waals surface area contributed by atoms with Crippen LogP contribution in [0.25, 0.3) is 10.8 Å². The number of amides is 4. The third-order valence-electron chi connectivity index (χ3n) is 10.5. The van der Waals surface area contributed by atoms with Gasteiger partial charge in [-0.2, -0.15) is 0 Å². The van der Waals surface area contributed by atoms with E-state index < -0.39 is 104 Å². The Kier molecular flexibility index (Phi) is 7.65. The Labute approximate surface area is 308 Å². The quantitative estimate of drug-likeness (QED) is 0.0436. The summed E-state index contributed by atoms with van der Waals surface area (Å²) in [6.07, 6.45) is 0.900. The molecule has 3 fully saturated rings. The molecule has 0 bridgehead atoms. The maximum Gasteiger partial charge on any atom is 0.258 e. The van der Waals surface area contributed by atoms with Crippen molar-refractivity contribution in [3.05, 3.63) is 111 Å². The van der Waals surface area contributed by atoms with Crippen LogP contribution in [0.3, 0.4) is 0 Å². The van der Waals surface area contributed by atoms with Gasteiger partial charge < -0.3 is 5.11 Å². The van der Waals surface area contributed by atoms with Crippen LogP contribution in [-0.4, -0.2) is 38.5 Å². The van der Waals surface area contributed by atoms with E-state index in [-0.39, 0.29) is 33.5 Å². The number of allylic oxidation sites excluding steroid dienone is 2. The Hall–Kier alpha value is -4.08. The Morgan fingerprint density at radius 3 is 2.04 bits per heavy atom. The molecule has 6 atom stereocenters. The van der Waals surface area contributed by atoms with E-state index in [9.17, 15) is 37.5 Å². The number of phenols is 1. The van der Waals surface area contributed by atoms with E-state index in [4.69, 9.17) is 23.2 Å². The molecule has 51 heavy (non-hydrogen) atoms. The van der Waals surface area contributed by atoms with Crippen molar-refractivity contribution in [3.63, 3.8) is 0 Å². The van der Waals surface area contributed by atoms with Crippen LogP contribution >= 0.6 is 45.8 Å². The number of hydrogen-bond acceptors (Lipinski definition) is 5. The molecule has 2 heterocycles. The van der Waals surface area contributed by atoms with Crippen molar-refractivity contribution in [1.82, 2.24) is 0 Å². The second-order valence-electron chi connectivity index (χ2n) is 12.9. The third-order valence-corrected chi connectivity index (χ3v) is 12.7. The molecule has 8 rings (SSSR count). The van der Waals surface area contributed by atoms with E-state index in [0.717, 1.165) is 8.47 Å². The number of phenolic OH excluding ortho intramolecular Hbond substituents is 1. The highest BCUT2D eigenvalue weighted by atomic mass is 127. The summed E-state index contributed by atoms with van der Waals surface area (Å²) in [6, 6.07) is 16.2. The molecule has 2 saturated heterocycles. The number of fused-ring (bicyclic) bond motifs is 5. The molecule has 2 aliphatic carbocycles. The molecule has 4 aliphatic rings. The molecule has 0 aromatic heterocycles. The largest absolute Gasteiger partial charge is 0.507 e. The van der Waals surface area contributed by atoms with Crippen molar-refractivity contribution in [1.29, 1.82) is 0 Å². The van der Waals surface area contributed by atoms with Gasteiger partial charge >= 0.3 is 0 Å². The van der Waals surface area contributed by atoms with Crippen LogP contribution in [-0.2, 0) is 19.2 Å². The maximum atomic E-state index is 15.3. The predicted molar refractivity (Wildman–Crippen MR) is 184 cm³/mol. The minimum atomic E-state index is -2.75. The van der Waals surface area contributed by atoms with Gasteiger partial charge in [-0.1, -0.05) is 48.0 Å². The fourth-order valence-electron chi connectivity index (χ4n) is 8.26. The predicted octanol–water partition coefficient (Wildman–Crippen LogP) is 7.61. The number of rotatable bonds is 3. The van der Waals surface area contributed by atoms with E-state index in [1.54, 1.807) is 60.7 Å². The minimum Gasteiger partial charge on any atom is -0.507 e. The lowest BCUT2D eigenvalue weighted by molar-refractivity contribution is -0.125. The van der Waals surface area contributed by atoms with Crippen LogP contribution in [0, 0.1) is 50.4 Å². The van der Waals surface area contributed by atoms with Crippen LogP contribution in [0.5, 0.6) is 5.75 Å². The van der Waals surface area contributed by atoms with Gasteiger partial charge in [0.15, 0.2) is 33.0 Å². The third kappa shape index (κ3) is 4.34. The topological polar surface area (TPSA) is 95.0 Å². The first-order valence-electron chi connectivity index (χ1n) is 15.5. The number of nitrogens with zero attached hydrogens (tertiary/aromatic N) is 2. The zero-order valence-electron chi connectivity index (χ0n) is 25.6. The molecular weight excluding hydrogens is 833 g/mol. The zero-order valence-corrected chi connectivity index (χ0v) is 29.2. The molecule has 4 aromatic carbocycles. The highest BCUT2D eigenvalue weighted by Gasteiger charge is 2.77. The summed E-state index contributed by atoms with van der Waals surface area (Å²) in [4.78, 5) is 52.3. The standard InChI is InChI=1S/C36H20Cl2F5IN2O5/c37-35-13-21-18(11-12-19-22(21)32(49)45(31(19)48)16-8-6-15(44)7-9-16)23(20-10-5-14-3-1-2-4-17(14)30(20)47)36(35,38)34(51)46(33(35)50)29-27(42)25(40)24(39)26(41)28(29)43/h1-11,19,21-23,47H,12-13H2/t19-,21+,22-,23+,35+,36-/m0/s1. The number of hydrogen-bond donors (Lipinski definition) is 1. The van der Waals surface area contributed by atoms with Gasteiger partial charge in [0.2, 0.25) is 17.6 Å². The molecule has 0 radical (unpaired) electrons. The highest BCUT2D eigenvalue weighted by Crippen LogP contribution is 2.67. The molecule has 1 saturated carbocycles. The number of halogens is 8. The van der Waals surface area contributed by atoms with E-state index in [0.29, 0.717) is 5.39 Å². The number of anilines is 2. The molecule has 260 valence electrons. The summed E-state index contributed by atoms with van der Waals surface area (Å²) in [6.45, 7) is 0. The Balaban J connectivity index is 1.35. The molecule has 1 N–H and O–H groups in total. The van der Waals surface area contributed by atoms with Crippen LogP contribution in [0.15, 0.2) is 72.3 Å². The molecule has 4 aromatic rings. The summed E-state index contributed by atoms with van der Waals surface area (Å²) in [5, 5.41) is 12.6. The average molecular weight is 853 g/mol. The fraction of sp³-hybridized carbons (Fsp3) is 0.222. The van der Waals surface area contributed by atoms with E-state index in [2.05, 4.69) is 22.6 Å².